The number of nitrogens with two attached hydrogens (primary N) is 1. The van der Waals surface area contributed by atoms with E-state index in [0.29, 0.717) is 11.2 Å². The van der Waals surface area contributed by atoms with Crippen molar-refractivity contribution in [3.8, 4) is 23.2 Å². The Labute approximate surface area is 251 Å². The van der Waals surface area contributed by atoms with Crippen molar-refractivity contribution >= 4 is 54.7 Å². The fourth-order valence-electron chi connectivity index (χ4n) is 6.86. The third kappa shape index (κ3) is 4.27. The Balaban J connectivity index is 1.41. The van der Waals surface area contributed by atoms with Crippen LogP contribution < -0.4 is 20.7 Å². The van der Waals surface area contributed by atoms with Crippen molar-refractivity contribution in [2.24, 2.45) is 0 Å². The molecule has 3 fully saturated rings. The highest BCUT2D eigenvalue weighted by molar-refractivity contribution is 7.23. The van der Waals surface area contributed by atoms with Crippen molar-refractivity contribution < 1.29 is 13.5 Å². The highest BCUT2D eigenvalue weighted by Crippen LogP contribution is 2.46. The average Bonchev–Trinajstić information content (AvgIpc) is 3.67. The molecule has 4 aromatic rings. The first-order chi connectivity index (χ1) is 20.2. The molecule has 8 nitrogen and oxygen atoms in total. The van der Waals surface area contributed by atoms with Crippen LogP contribution in [0.3, 0.4) is 0 Å². The van der Waals surface area contributed by atoms with Crippen molar-refractivity contribution in [3.63, 3.8) is 0 Å². The van der Waals surface area contributed by atoms with E-state index >= 15 is 4.39 Å². The van der Waals surface area contributed by atoms with E-state index in [2.05, 4.69) is 27.1 Å². The van der Waals surface area contributed by atoms with Gasteiger partial charge in [0.1, 0.15) is 34.3 Å². The summed E-state index contributed by atoms with van der Waals surface area (Å²) in [5, 5.41) is 14.3. The molecule has 218 valence electrons. The number of hydrogen-bond acceptors (Lipinski definition) is 9. The molecule has 0 radical (unpaired) electrons. The van der Waals surface area contributed by atoms with Gasteiger partial charge < -0.3 is 20.7 Å². The van der Waals surface area contributed by atoms with Gasteiger partial charge in [-0.1, -0.05) is 17.7 Å². The third-order valence-corrected chi connectivity index (χ3v) is 10.5. The lowest BCUT2D eigenvalue weighted by Gasteiger charge is -2.39. The minimum atomic E-state index is -0.686. The van der Waals surface area contributed by atoms with E-state index in [1.807, 2.05) is 13.0 Å². The minimum Gasteiger partial charge on any atom is -0.459 e. The van der Waals surface area contributed by atoms with Crippen molar-refractivity contribution in [3.05, 3.63) is 40.4 Å². The summed E-state index contributed by atoms with van der Waals surface area (Å²) in [4.78, 5) is 13.8. The molecule has 42 heavy (non-hydrogen) atoms. The number of ether oxygens (including phenoxy) is 1. The van der Waals surface area contributed by atoms with E-state index in [9.17, 15) is 9.65 Å². The highest BCUT2D eigenvalue weighted by Gasteiger charge is 2.43. The summed E-state index contributed by atoms with van der Waals surface area (Å²) in [7, 11) is 2.07. The van der Waals surface area contributed by atoms with Crippen LogP contribution in [0.1, 0.15) is 38.2 Å². The highest BCUT2D eigenvalue weighted by atomic mass is 35.5. The van der Waals surface area contributed by atoms with E-state index in [4.69, 9.17) is 27.1 Å². The SMILES string of the molecule is C[C@H](Oc1nc(N2CC[C@@]3(CCN3)C2)c2cc(Cl)c(-c3ccc(F)c4sc(N)c(C#N)c34)c(F)c2n1)[C@@H]1CCCN1C. The second-order valence-electron chi connectivity index (χ2n) is 11.7. The summed E-state index contributed by atoms with van der Waals surface area (Å²) < 4.78 is 38.1. The van der Waals surface area contributed by atoms with Gasteiger partial charge in [-0.3, -0.25) is 4.90 Å². The van der Waals surface area contributed by atoms with Crippen LogP contribution in [-0.2, 0) is 0 Å². The molecular formula is C30H30ClF2N7OS. The topological polar surface area (TPSA) is 103 Å². The Bertz CT molecular complexity index is 1790. The van der Waals surface area contributed by atoms with Gasteiger partial charge in [-0.05, 0) is 70.4 Å². The molecule has 3 aliphatic rings. The van der Waals surface area contributed by atoms with Gasteiger partial charge in [0.05, 0.1) is 15.3 Å². The third-order valence-electron chi connectivity index (χ3n) is 9.21. The number of aromatic nitrogens is 2. The standard InChI is InChI=1S/C30H30ClF2N7OS/c1-15(21-4-3-10-39(21)2)41-29-37-25-17(28(38-29)40-11-8-30(14-40)7-9-36-30)12-19(31)23(24(25)33)16-5-6-20(32)26-22(16)18(13-34)27(35)42-26/h5-6,12,15,21,36H,3-4,7-11,14,35H2,1-2H3/t15-,21-,30-/m0/s1. The molecular weight excluding hydrogens is 580 g/mol. The first-order valence-corrected chi connectivity index (χ1v) is 15.4. The molecule has 7 rings (SSSR count). The first kappa shape index (κ1) is 27.5. The number of nitrogen functional groups attached to an aromatic ring is 1. The quantitative estimate of drug-likeness (QED) is 0.297. The molecule has 2 aromatic heterocycles. The summed E-state index contributed by atoms with van der Waals surface area (Å²) in [6.45, 7) is 5.45. The second kappa shape index (κ2) is 10.2. The van der Waals surface area contributed by atoms with Crippen molar-refractivity contribution in [1.29, 1.82) is 5.26 Å². The maximum Gasteiger partial charge on any atom is 0.319 e. The number of anilines is 2. The zero-order valence-corrected chi connectivity index (χ0v) is 24.9. The van der Waals surface area contributed by atoms with Gasteiger partial charge >= 0.3 is 6.01 Å². The summed E-state index contributed by atoms with van der Waals surface area (Å²) in [6.07, 6.45) is 3.90. The number of fused-ring (bicyclic) bond motifs is 2. The predicted molar refractivity (Wildman–Crippen MR) is 162 cm³/mol. The Morgan fingerprint density at radius 3 is 2.76 bits per heavy atom. The monoisotopic (exact) mass is 609 g/mol. The molecule has 3 saturated heterocycles. The summed E-state index contributed by atoms with van der Waals surface area (Å²) >= 11 is 7.77. The van der Waals surface area contributed by atoms with Crippen LogP contribution in [0.25, 0.3) is 32.1 Å². The number of likely N-dealkylation sites (N-methyl/N-ethyl adjacent to an activating group) is 1. The molecule has 3 aliphatic heterocycles. The fraction of sp³-hybridized carbons (Fsp3) is 0.433. The van der Waals surface area contributed by atoms with E-state index in [0.717, 1.165) is 63.2 Å². The number of thiophene rings is 1. The van der Waals surface area contributed by atoms with Crippen LogP contribution in [0.2, 0.25) is 5.02 Å². The number of likely N-dealkylation sites (tertiary alicyclic amines) is 1. The number of rotatable bonds is 5. The Morgan fingerprint density at radius 1 is 1.29 bits per heavy atom. The molecule has 0 aliphatic carbocycles. The summed E-state index contributed by atoms with van der Waals surface area (Å²) in [5.74, 6) is -0.654. The molecule has 0 saturated carbocycles. The average molecular weight is 610 g/mol. The van der Waals surface area contributed by atoms with E-state index in [-0.39, 0.29) is 66.0 Å². The largest absolute Gasteiger partial charge is 0.459 e. The van der Waals surface area contributed by atoms with E-state index in [1.165, 1.54) is 12.1 Å². The summed E-state index contributed by atoms with van der Waals surface area (Å²) in [6, 6.07) is 6.69. The molecule has 1 spiro atoms. The van der Waals surface area contributed by atoms with Gasteiger partial charge in [0, 0.05) is 41.0 Å². The molecule has 12 heteroatoms. The Kier molecular flexibility index (Phi) is 6.66. The molecule has 3 atom stereocenters. The van der Waals surface area contributed by atoms with Gasteiger partial charge in [-0.2, -0.15) is 15.2 Å². The van der Waals surface area contributed by atoms with Crippen LogP contribution in [0.15, 0.2) is 18.2 Å². The number of nitriles is 1. The molecule has 5 heterocycles. The number of benzene rings is 2. The molecule has 0 unspecified atom stereocenters. The second-order valence-corrected chi connectivity index (χ2v) is 13.1. The van der Waals surface area contributed by atoms with Gasteiger partial charge in [0.2, 0.25) is 0 Å². The van der Waals surface area contributed by atoms with E-state index < -0.39 is 11.6 Å². The van der Waals surface area contributed by atoms with Crippen molar-refractivity contribution in [1.82, 2.24) is 20.2 Å². The lowest BCUT2D eigenvalue weighted by atomic mass is 9.87. The van der Waals surface area contributed by atoms with Gasteiger partial charge in [0.25, 0.3) is 0 Å². The smallest absolute Gasteiger partial charge is 0.319 e. The molecule has 0 bridgehead atoms. The predicted octanol–water partition coefficient (Wildman–Crippen LogP) is 5.70. The fourth-order valence-corrected chi connectivity index (χ4v) is 8.11. The Morgan fingerprint density at radius 2 is 2.10 bits per heavy atom. The number of nitrogens with one attached hydrogen (secondary N) is 1. The number of halogens is 3. The molecule has 0 amide bonds. The Hall–Kier alpha value is -3.30. The van der Waals surface area contributed by atoms with Crippen LogP contribution >= 0.6 is 22.9 Å². The van der Waals surface area contributed by atoms with Crippen LogP contribution in [0, 0.1) is 23.0 Å². The maximum atomic E-state index is 16.8. The first-order valence-electron chi connectivity index (χ1n) is 14.2. The summed E-state index contributed by atoms with van der Waals surface area (Å²) in [5.41, 5.74) is 6.55. The maximum absolute atomic E-state index is 16.8. The molecule has 3 N–H and O–H groups in total. The van der Waals surface area contributed by atoms with Crippen molar-refractivity contribution in [2.45, 2.75) is 50.3 Å². The van der Waals surface area contributed by atoms with Crippen LogP contribution in [0.4, 0.5) is 19.6 Å². The molecule has 2 aromatic carbocycles. The van der Waals surface area contributed by atoms with Gasteiger partial charge in [-0.15, -0.1) is 11.3 Å². The van der Waals surface area contributed by atoms with E-state index in [1.54, 1.807) is 6.07 Å². The lowest BCUT2D eigenvalue weighted by molar-refractivity contribution is 0.112. The lowest BCUT2D eigenvalue weighted by Crippen LogP contribution is -2.58. The number of hydrogen-bond donors (Lipinski definition) is 2. The van der Waals surface area contributed by atoms with Crippen LogP contribution in [-0.4, -0.2) is 65.8 Å². The zero-order chi connectivity index (χ0) is 29.3. The number of nitrogens with zero attached hydrogens (tertiary/aromatic N) is 5. The zero-order valence-electron chi connectivity index (χ0n) is 23.3. The van der Waals surface area contributed by atoms with Gasteiger partial charge in [0.15, 0.2) is 5.82 Å². The minimum absolute atomic E-state index is 0.0289. The van der Waals surface area contributed by atoms with Crippen LogP contribution in [0.5, 0.6) is 6.01 Å². The van der Waals surface area contributed by atoms with Gasteiger partial charge in [-0.25, -0.2) is 8.78 Å². The van der Waals surface area contributed by atoms with Crippen molar-refractivity contribution in [2.75, 3.05) is 43.9 Å². The normalized spacial score (nSPS) is 23.1.